The molecular weight excluding hydrogens is 388 g/mol. The molecule has 2 amide bonds. The summed E-state index contributed by atoms with van der Waals surface area (Å²) in [6.45, 7) is 3.91. The van der Waals surface area contributed by atoms with Crippen LogP contribution in [0, 0.1) is 6.92 Å². The lowest BCUT2D eigenvalue weighted by molar-refractivity contribution is -0.123. The molecular formula is C22H21ClN4O2. The molecule has 7 heteroatoms. The first kappa shape index (κ1) is 19.2. The zero-order valence-electron chi connectivity index (χ0n) is 16.2. The van der Waals surface area contributed by atoms with Gasteiger partial charge in [-0.05, 0) is 36.6 Å². The summed E-state index contributed by atoms with van der Waals surface area (Å²) in [4.78, 5) is 25.3. The summed E-state index contributed by atoms with van der Waals surface area (Å²) in [6.07, 6.45) is 0.713. The van der Waals surface area contributed by atoms with Gasteiger partial charge in [0, 0.05) is 16.3 Å². The number of rotatable bonds is 5. The van der Waals surface area contributed by atoms with Crippen molar-refractivity contribution in [1.29, 1.82) is 0 Å². The summed E-state index contributed by atoms with van der Waals surface area (Å²) < 4.78 is 1.65. The lowest BCUT2D eigenvalue weighted by atomic mass is 10.0. The lowest BCUT2D eigenvalue weighted by Crippen LogP contribution is -2.24. The number of nitrogens with zero attached hydrogens (tertiary/aromatic N) is 2. The Morgan fingerprint density at radius 3 is 2.72 bits per heavy atom. The molecule has 3 aromatic rings. The normalized spacial score (nSPS) is 15.1. The van der Waals surface area contributed by atoms with E-state index in [0.29, 0.717) is 16.5 Å². The Balaban J connectivity index is 1.61. The highest BCUT2D eigenvalue weighted by atomic mass is 35.5. The molecule has 0 saturated carbocycles. The third-order valence-electron chi connectivity index (χ3n) is 5.07. The molecule has 2 heterocycles. The zero-order chi connectivity index (χ0) is 20.5. The SMILES string of the molecule is CCc1nn2c(c1-c1ccccc1)NC(=O)C2CC(=O)Nc1cc(Cl)ccc1C. The monoisotopic (exact) mass is 408 g/mol. The maximum absolute atomic E-state index is 12.6. The number of hydrogen-bond acceptors (Lipinski definition) is 3. The summed E-state index contributed by atoms with van der Waals surface area (Å²) in [5.74, 6) is 0.151. The lowest BCUT2D eigenvalue weighted by Gasteiger charge is -2.12. The summed E-state index contributed by atoms with van der Waals surface area (Å²) in [5, 5.41) is 11.0. The maximum Gasteiger partial charge on any atom is 0.251 e. The molecule has 148 valence electrons. The van der Waals surface area contributed by atoms with E-state index in [1.54, 1.807) is 16.8 Å². The van der Waals surface area contributed by atoms with Crippen LogP contribution in [-0.4, -0.2) is 21.6 Å². The van der Waals surface area contributed by atoms with E-state index in [-0.39, 0.29) is 18.2 Å². The van der Waals surface area contributed by atoms with Gasteiger partial charge in [-0.15, -0.1) is 0 Å². The highest BCUT2D eigenvalue weighted by molar-refractivity contribution is 6.31. The first-order chi connectivity index (χ1) is 14.0. The number of aromatic nitrogens is 2. The van der Waals surface area contributed by atoms with Crippen LogP contribution in [0.4, 0.5) is 11.5 Å². The third kappa shape index (κ3) is 3.63. The van der Waals surface area contributed by atoms with Crippen LogP contribution in [0.1, 0.15) is 30.6 Å². The molecule has 1 aliphatic heterocycles. The van der Waals surface area contributed by atoms with Gasteiger partial charge in [0.2, 0.25) is 5.91 Å². The van der Waals surface area contributed by atoms with Crippen molar-refractivity contribution in [3.8, 4) is 11.1 Å². The maximum atomic E-state index is 12.6. The van der Waals surface area contributed by atoms with Gasteiger partial charge in [0.05, 0.1) is 12.1 Å². The summed E-state index contributed by atoms with van der Waals surface area (Å²) in [6, 6.07) is 14.5. The van der Waals surface area contributed by atoms with E-state index in [9.17, 15) is 9.59 Å². The van der Waals surface area contributed by atoms with Crippen molar-refractivity contribution in [1.82, 2.24) is 9.78 Å². The van der Waals surface area contributed by atoms with Crippen molar-refractivity contribution in [2.24, 2.45) is 0 Å². The molecule has 0 aliphatic carbocycles. The number of carbonyl (C=O) groups is 2. The van der Waals surface area contributed by atoms with Gasteiger partial charge in [-0.25, -0.2) is 4.68 Å². The van der Waals surface area contributed by atoms with Gasteiger partial charge in [0.25, 0.3) is 5.91 Å². The number of anilines is 2. The van der Waals surface area contributed by atoms with Crippen LogP contribution in [0.3, 0.4) is 0 Å². The molecule has 1 unspecified atom stereocenters. The van der Waals surface area contributed by atoms with Crippen LogP contribution in [0.5, 0.6) is 0 Å². The van der Waals surface area contributed by atoms with Crippen LogP contribution < -0.4 is 10.6 Å². The largest absolute Gasteiger partial charge is 0.326 e. The predicted molar refractivity (Wildman–Crippen MR) is 114 cm³/mol. The molecule has 1 aromatic heterocycles. The fourth-order valence-electron chi connectivity index (χ4n) is 3.58. The number of amides is 2. The van der Waals surface area contributed by atoms with Crippen molar-refractivity contribution in [2.75, 3.05) is 10.6 Å². The number of nitrogens with one attached hydrogen (secondary N) is 2. The second-order valence-electron chi connectivity index (χ2n) is 7.05. The molecule has 0 fully saturated rings. The Labute approximate surface area is 173 Å². The third-order valence-corrected chi connectivity index (χ3v) is 5.31. The Morgan fingerprint density at radius 1 is 1.24 bits per heavy atom. The number of halogens is 1. The minimum absolute atomic E-state index is 0.0101. The Bertz CT molecular complexity index is 1090. The molecule has 0 spiro atoms. The van der Waals surface area contributed by atoms with Crippen LogP contribution in [-0.2, 0) is 16.0 Å². The van der Waals surface area contributed by atoms with Gasteiger partial charge >= 0.3 is 0 Å². The predicted octanol–water partition coefficient (Wildman–Crippen LogP) is 4.60. The van der Waals surface area contributed by atoms with Crippen molar-refractivity contribution < 1.29 is 9.59 Å². The highest BCUT2D eigenvalue weighted by Crippen LogP contribution is 2.38. The average molecular weight is 409 g/mol. The minimum Gasteiger partial charge on any atom is -0.326 e. The highest BCUT2D eigenvalue weighted by Gasteiger charge is 2.36. The van der Waals surface area contributed by atoms with Crippen LogP contribution in [0.25, 0.3) is 11.1 Å². The van der Waals surface area contributed by atoms with Gasteiger partial charge in [-0.3, -0.25) is 9.59 Å². The van der Waals surface area contributed by atoms with Gasteiger partial charge in [-0.2, -0.15) is 5.10 Å². The van der Waals surface area contributed by atoms with Crippen LogP contribution >= 0.6 is 11.6 Å². The smallest absolute Gasteiger partial charge is 0.251 e. The van der Waals surface area contributed by atoms with E-state index >= 15 is 0 Å². The number of hydrogen-bond donors (Lipinski definition) is 2. The van der Waals surface area contributed by atoms with Gasteiger partial charge in [0.15, 0.2) is 0 Å². The number of benzene rings is 2. The molecule has 2 N–H and O–H groups in total. The molecule has 2 aromatic carbocycles. The van der Waals surface area contributed by atoms with Crippen molar-refractivity contribution >= 4 is 34.9 Å². The van der Waals surface area contributed by atoms with Gasteiger partial charge < -0.3 is 10.6 Å². The van der Waals surface area contributed by atoms with E-state index in [4.69, 9.17) is 11.6 Å². The topological polar surface area (TPSA) is 76.0 Å². The molecule has 1 aliphatic rings. The Kier molecular flexibility index (Phi) is 5.11. The Hall–Kier alpha value is -3.12. The molecule has 1 atom stereocenters. The molecule has 6 nitrogen and oxygen atoms in total. The number of fused-ring (bicyclic) bond motifs is 1. The van der Waals surface area contributed by atoms with Crippen LogP contribution in [0.2, 0.25) is 5.02 Å². The molecule has 0 radical (unpaired) electrons. The average Bonchev–Trinajstić information content (AvgIpc) is 3.21. The van der Waals surface area contributed by atoms with E-state index in [1.165, 1.54) is 0 Å². The van der Waals surface area contributed by atoms with E-state index in [2.05, 4.69) is 15.7 Å². The van der Waals surface area contributed by atoms with E-state index < -0.39 is 6.04 Å². The second-order valence-corrected chi connectivity index (χ2v) is 7.49. The quantitative estimate of drug-likeness (QED) is 0.648. The number of carbonyl (C=O) groups excluding carboxylic acids is 2. The first-order valence-electron chi connectivity index (χ1n) is 9.51. The molecule has 4 rings (SSSR count). The van der Waals surface area contributed by atoms with Crippen molar-refractivity contribution in [2.45, 2.75) is 32.7 Å². The molecule has 0 bridgehead atoms. The Morgan fingerprint density at radius 2 is 2.00 bits per heavy atom. The zero-order valence-corrected chi connectivity index (χ0v) is 17.0. The summed E-state index contributed by atoms with van der Waals surface area (Å²) in [7, 11) is 0. The van der Waals surface area contributed by atoms with E-state index in [0.717, 1.165) is 28.8 Å². The summed E-state index contributed by atoms with van der Waals surface area (Å²) >= 11 is 6.03. The fourth-order valence-corrected chi connectivity index (χ4v) is 3.75. The van der Waals surface area contributed by atoms with E-state index in [1.807, 2.05) is 50.2 Å². The molecule has 0 saturated heterocycles. The van der Waals surface area contributed by atoms with Gasteiger partial charge in [-0.1, -0.05) is 54.9 Å². The van der Waals surface area contributed by atoms with Crippen molar-refractivity contribution in [3.05, 3.63) is 64.8 Å². The fraction of sp³-hybridized carbons (Fsp3) is 0.227. The second kappa shape index (κ2) is 7.72. The number of aryl methyl sites for hydroxylation is 2. The minimum atomic E-state index is -0.688. The molecule has 29 heavy (non-hydrogen) atoms. The van der Waals surface area contributed by atoms with Gasteiger partial charge in [0.1, 0.15) is 11.9 Å². The van der Waals surface area contributed by atoms with Crippen molar-refractivity contribution in [3.63, 3.8) is 0 Å². The first-order valence-corrected chi connectivity index (χ1v) is 9.89. The standard InChI is InChI=1S/C22H21ClN4O2/c1-3-16-20(14-7-5-4-6-8-14)21-25-22(29)18(27(21)26-16)12-19(28)24-17-11-15(23)10-9-13(17)2/h4-11,18H,3,12H2,1-2H3,(H,24,28)(H,25,29). The van der Waals surface area contributed by atoms with Crippen LogP contribution in [0.15, 0.2) is 48.5 Å². The summed E-state index contributed by atoms with van der Waals surface area (Å²) in [5.41, 5.74) is 4.33.